The highest BCUT2D eigenvalue weighted by molar-refractivity contribution is 5.90. The van der Waals surface area contributed by atoms with E-state index in [4.69, 9.17) is 4.74 Å². The summed E-state index contributed by atoms with van der Waals surface area (Å²) in [7, 11) is 1.67. The van der Waals surface area contributed by atoms with Crippen molar-refractivity contribution in [3.05, 3.63) is 54.0 Å². The number of nitrogens with one attached hydrogen (secondary N) is 1. The van der Waals surface area contributed by atoms with Crippen molar-refractivity contribution in [3.63, 3.8) is 0 Å². The Labute approximate surface area is 158 Å². The van der Waals surface area contributed by atoms with E-state index in [0.29, 0.717) is 6.42 Å². The number of carbonyl (C=O) groups excluding carboxylic acids is 1. The van der Waals surface area contributed by atoms with Crippen LogP contribution in [0.4, 0.5) is 0 Å². The second-order valence-electron chi connectivity index (χ2n) is 6.87. The zero-order valence-corrected chi connectivity index (χ0v) is 15.7. The smallest absolute Gasteiger partial charge is 0.220 e. The fourth-order valence-electron chi connectivity index (χ4n) is 3.89. The van der Waals surface area contributed by atoms with Gasteiger partial charge in [0.25, 0.3) is 0 Å². The average Bonchev–Trinajstić information content (AvgIpc) is 2.72. The molecule has 0 aliphatic heterocycles. The van der Waals surface area contributed by atoms with Crippen LogP contribution in [0.1, 0.15) is 43.4 Å². The molecular weight excluding hydrogens is 338 g/mol. The topological polar surface area (TPSA) is 64.1 Å². The van der Waals surface area contributed by atoms with Gasteiger partial charge >= 0.3 is 0 Å². The summed E-state index contributed by atoms with van der Waals surface area (Å²) in [4.78, 5) is 20.8. The molecule has 0 saturated carbocycles. The molecule has 1 aliphatic carbocycles. The van der Waals surface area contributed by atoms with Crippen molar-refractivity contribution in [1.82, 2.24) is 15.3 Å². The number of aromatic nitrogens is 2. The van der Waals surface area contributed by atoms with E-state index in [2.05, 4.69) is 21.4 Å². The third kappa shape index (κ3) is 3.25. The molecule has 2 heterocycles. The molecule has 4 rings (SSSR count). The van der Waals surface area contributed by atoms with Gasteiger partial charge in [-0.05, 0) is 54.2 Å². The summed E-state index contributed by atoms with van der Waals surface area (Å²) < 4.78 is 5.58. The first-order valence-electron chi connectivity index (χ1n) is 9.40. The summed E-state index contributed by atoms with van der Waals surface area (Å²) in [5.74, 6) is 0.837. The van der Waals surface area contributed by atoms with Crippen LogP contribution >= 0.6 is 0 Å². The van der Waals surface area contributed by atoms with Gasteiger partial charge in [-0.15, -0.1) is 0 Å². The van der Waals surface area contributed by atoms with Gasteiger partial charge in [0.05, 0.1) is 13.2 Å². The fraction of sp³-hybridized carbons (Fsp3) is 0.318. The maximum Gasteiger partial charge on any atom is 0.220 e. The third-order valence-electron chi connectivity index (χ3n) is 5.24. The van der Waals surface area contributed by atoms with E-state index in [1.54, 1.807) is 13.3 Å². The maximum absolute atomic E-state index is 11.9. The van der Waals surface area contributed by atoms with E-state index in [-0.39, 0.29) is 11.9 Å². The van der Waals surface area contributed by atoms with Crippen molar-refractivity contribution in [2.24, 2.45) is 0 Å². The molecule has 0 saturated heterocycles. The van der Waals surface area contributed by atoms with E-state index >= 15 is 0 Å². The number of benzene rings is 1. The summed E-state index contributed by atoms with van der Waals surface area (Å²) in [6.45, 7) is 1.88. The summed E-state index contributed by atoms with van der Waals surface area (Å²) in [6, 6.07) is 8.18. The first-order valence-corrected chi connectivity index (χ1v) is 9.40. The summed E-state index contributed by atoms with van der Waals surface area (Å²) in [5, 5.41) is 4.18. The number of ether oxygens (including phenoxy) is 1. The molecule has 1 atom stereocenters. The van der Waals surface area contributed by atoms with Crippen molar-refractivity contribution >= 4 is 16.8 Å². The normalized spacial score (nSPS) is 16.0. The Balaban J connectivity index is 1.83. The molecule has 1 amide bonds. The van der Waals surface area contributed by atoms with Crippen LogP contribution in [-0.4, -0.2) is 23.0 Å². The number of methoxy groups -OCH3 is 1. The average molecular weight is 361 g/mol. The van der Waals surface area contributed by atoms with E-state index in [0.717, 1.165) is 52.6 Å². The number of nitrogens with zero attached hydrogens (tertiary/aromatic N) is 2. The van der Waals surface area contributed by atoms with Crippen LogP contribution in [0.3, 0.4) is 0 Å². The summed E-state index contributed by atoms with van der Waals surface area (Å²) in [5.41, 5.74) is 5.43. The molecule has 0 fully saturated rings. The molecule has 3 aromatic rings. The first kappa shape index (κ1) is 17.5. The molecule has 5 heteroatoms. The monoisotopic (exact) mass is 361 g/mol. The van der Waals surface area contributed by atoms with E-state index in [9.17, 15) is 4.79 Å². The highest BCUT2D eigenvalue weighted by Gasteiger charge is 2.24. The minimum atomic E-state index is 0.0395. The van der Waals surface area contributed by atoms with Crippen LogP contribution in [0.15, 0.2) is 42.9 Å². The molecule has 5 nitrogen and oxygen atoms in total. The van der Waals surface area contributed by atoms with Crippen LogP contribution in [0.25, 0.3) is 22.0 Å². The van der Waals surface area contributed by atoms with Gasteiger partial charge in [0.15, 0.2) is 0 Å². The van der Waals surface area contributed by atoms with Crippen molar-refractivity contribution in [2.75, 3.05) is 7.11 Å². The molecule has 138 valence electrons. The second kappa shape index (κ2) is 7.35. The zero-order valence-electron chi connectivity index (χ0n) is 15.7. The number of carbonyl (C=O) groups is 1. The van der Waals surface area contributed by atoms with Crippen molar-refractivity contribution in [3.8, 4) is 16.9 Å². The highest BCUT2D eigenvalue weighted by atomic mass is 16.5. The van der Waals surface area contributed by atoms with Crippen LogP contribution in [0.2, 0.25) is 0 Å². The Kier molecular flexibility index (Phi) is 4.75. The minimum Gasteiger partial charge on any atom is -0.494 e. The van der Waals surface area contributed by atoms with Gasteiger partial charge in [-0.2, -0.15) is 0 Å². The molecule has 27 heavy (non-hydrogen) atoms. The van der Waals surface area contributed by atoms with Crippen molar-refractivity contribution in [2.45, 2.75) is 38.6 Å². The van der Waals surface area contributed by atoms with Gasteiger partial charge in [-0.25, -0.2) is 0 Å². The van der Waals surface area contributed by atoms with Gasteiger partial charge < -0.3 is 10.1 Å². The number of hydrogen-bond donors (Lipinski definition) is 1. The number of fused-ring (bicyclic) bond motifs is 2. The number of hydrogen-bond acceptors (Lipinski definition) is 4. The second-order valence-corrected chi connectivity index (χ2v) is 6.87. The Morgan fingerprint density at radius 1 is 1.33 bits per heavy atom. The molecule has 0 spiro atoms. The van der Waals surface area contributed by atoms with Crippen LogP contribution in [0, 0.1) is 0 Å². The van der Waals surface area contributed by atoms with E-state index in [1.165, 1.54) is 5.56 Å². The molecule has 2 aromatic heterocycles. The van der Waals surface area contributed by atoms with Gasteiger partial charge in [-0.1, -0.05) is 13.0 Å². The Hall–Kier alpha value is -2.95. The number of amides is 1. The molecule has 0 bridgehead atoms. The quantitative estimate of drug-likeness (QED) is 0.756. The molecule has 0 unspecified atom stereocenters. The van der Waals surface area contributed by atoms with Gasteiger partial charge in [0, 0.05) is 36.0 Å². The third-order valence-corrected chi connectivity index (χ3v) is 5.24. The minimum absolute atomic E-state index is 0.0395. The summed E-state index contributed by atoms with van der Waals surface area (Å²) in [6.07, 6.45) is 9.07. The van der Waals surface area contributed by atoms with E-state index in [1.807, 2.05) is 37.5 Å². The van der Waals surface area contributed by atoms with E-state index < -0.39 is 0 Å². The fourth-order valence-corrected chi connectivity index (χ4v) is 3.89. The lowest BCUT2D eigenvalue weighted by atomic mass is 9.84. The van der Waals surface area contributed by atoms with Crippen molar-refractivity contribution < 1.29 is 9.53 Å². The predicted octanol–water partition coefficient (Wildman–Crippen LogP) is 4.21. The van der Waals surface area contributed by atoms with Crippen LogP contribution in [-0.2, 0) is 11.2 Å². The number of rotatable bonds is 4. The van der Waals surface area contributed by atoms with Crippen LogP contribution < -0.4 is 10.1 Å². The molecule has 0 radical (unpaired) electrons. The van der Waals surface area contributed by atoms with Gasteiger partial charge in [0.2, 0.25) is 5.91 Å². The molecular formula is C22H23N3O2. The number of pyridine rings is 2. The largest absolute Gasteiger partial charge is 0.494 e. The van der Waals surface area contributed by atoms with Crippen molar-refractivity contribution in [1.29, 1.82) is 0 Å². The standard InChI is InChI=1S/C22H23N3O2/c1-3-21(26)25-19-8-4-7-16-17(12-23-13-18(16)19)15-10-14-6-5-9-24-22(14)20(11-15)27-2/h5-6,9-13,19H,3-4,7-8H2,1-2H3,(H,25,26)/t19-/m1/s1. The summed E-state index contributed by atoms with van der Waals surface area (Å²) >= 11 is 0. The SMILES string of the molecule is CCC(=O)N[C@@H]1CCCc2c(-c3cc(OC)c4ncccc4c3)cncc21. The molecule has 1 aromatic carbocycles. The first-order chi connectivity index (χ1) is 13.2. The Morgan fingerprint density at radius 3 is 3.04 bits per heavy atom. The van der Waals surface area contributed by atoms with Gasteiger partial charge in [0.1, 0.15) is 11.3 Å². The highest BCUT2D eigenvalue weighted by Crippen LogP contribution is 2.38. The Morgan fingerprint density at radius 2 is 2.22 bits per heavy atom. The Bertz CT molecular complexity index is 1000. The lowest BCUT2D eigenvalue weighted by Gasteiger charge is -2.28. The van der Waals surface area contributed by atoms with Gasteiger partial charge in [-0.3, -0.25) is 14.8 Å². The lowest BCUT2D eigenvalue weighted by molar-refractivity contribution is -0.121. The molecule has 1 aliphatic rings. The predicted molar refractivity (Wildman–Crippen MR) is 106 cm³/mol. The lowest BCUT2D eigenvalue weighted by Crippen LogP contribution is -2.30. The molecule has 1 N–H and O–H groups in total. The van der Waals surface area contributed by atoms with Crippen LogP contribution in [0.5, 0.6) is 5.75 Å². The zero-order chi connectivity index (χ0) is 18.8. The maximum atomic E-state index is 11.9.